The number of cyclic esters (lactones) is 1. The van der Waals surface area contributed by atoms with Gasteiger partial charge in [-0.3, -0.25) is 0 Å². The normalized spacial score (nSPS) is 40.0. The molecule has 2 N–H and O–H groups in total. The molecule has 3 aliphatic rings. The molecule has 0 aromatic heterocycles. The molecule has 4 unspecified atom stereocenters. The maximum atomic E-state index is 12.3. The van der Waals surface area contributed by atoms with E-state index in [1.54, 1.807) is 6.92 Å². The Labute approximate surface area is 139 Å². The average Bonchev–Trinajstić information content (AvgIpc) is 2.75. The summed E-state index contributed by atoms with van der Waals surface area (Å²) in [5, 5.41) is 20.1. The van der Waals surface area contributed by atoms with Crippen LogP contribution in [-0.2, 0) is 23.9 Å². The summed E-state index contributed by atoms with van der Waals surface area (Å²) in [7, 11) is 0. The van der Waals surface area contributed by atoms with Crippen molar-refractivity contribution in [3.63, 3.8) is 0 Å². The molecule has 2 fully saturated rings. The van der Waals surface area contributed by atoms with Crippen molar-refractivity contribution in [2.75, 3.05) is 6.61 Å². The van der Waals surface area contributed by atoms with Crippen LogP contribution in [0.25, 0.3) is 0 Å². The van der Waals surface area contributed by atoms with Gasteiger partial charge in [-0.15, -0.1) is 0 Å². The average molecular weight is 338 g/mol. The van der Waals surface area contributed by atoms with E-state index in [9.17, 15) is 19.5 Å². The van der Waals surface area contributed by atoms with Gasteiger partial charge in [-0.2, -0.15) is 0 Å². The van der Waals surface area contributed by atoms with Crippen molar-refractivity contribution in [1.29, 1.82) is 0 Å². The number of esters is 2. The summed E-state index contributed by atoms with van der Waals surface area (Å²) in [6.45, 7) is 5.71. The maximum absolute atomic E-state index is 12.3. The first-order valence-corrected chi connectivity index (χ1v) is 8.09. The van der Waals surface area contributed by atoms with Gasteiger partial charge in [0.25, 0.3) is 0 Å². The largest absolute Gasteiger partial charge is 0.473 e. The van der Waals surface area contributed by atoms with Crippen LogP contribution in [0.15, 0.2) is 11.6 Å². The lowest BCUT2D eigenvalue weighted by molar-refractivity contribution is -0.198. The van der Waals surface area contributed by atoms with Crippen LogP contribution < -0.4 is 0 Å². The van der Waals surface area contributed by atoms with E-state index in [1.807, 2.05) is 13.8 Å². The Bertz CT molecular complexity index is 649. The summed E-state index contributed by atoms with van der Waals surface area (Å²) in [5.41, 5.74) is -2.64. The second-order valence-corrected chi connectivity index (χ2v) is 7.89. The highest BCUT2D eigenvalue weighted by atomic mass is 16.6. The lowest BCUT2D eigenvalue weighted by Gasteiger charge is -2.59. The molecule has 24 heavy (non-hydrogen) atoms. The molecule has 1 aliphatic heterocycles. The predicted molar refractivity (Wildman–Crippen MR) is 80.7 cm³/mol. The minimum absolute atomic E-state index is 0.0702. The number of aliphatic carboxylic acids is 1. The van der Waals surface area contributed by atoms with Gasteiger partial charge in [0.1, 0.15) is 12.7 Å². The fourth-order valence-electron chi connectivity index (χ4n) is 5.12. The summed E-state index contributed by atoms with van der Waals surface area (Å²) in [4.78, 5) is 34.8. The van der Waals surface area contributed by atoms with E-state index in [0.29, 0.717) is 12.0 Å². The van der Waals surface area contributed by atoms with E-state index in [2.05, 4.69) is 0 Å². The standard InChI is InChI=1S/C17H22O7/c1-15(2)5-4-6-16(3)11(15)10(24-13(20)12(18)19)7-9-8-23-14(21)17(9,16)22/h7,10-11,22H,4-6,8H2,1-3H3,(H,18,19). The number of rotatable bonds is 1. The Kier molecular flexibility index (Phi) is 3.57. The number of hydrogen-bond acceptors (Lipinski definition) is 6. The summed E-state index contributed by atoms with van der Waals surface area (Å²) >= 11 is 0. The molecule has 1 heterocycles. The molecule has 2 aliphatic carbocycles. The highest BCUT2D eigenvalue weighted by Crippen LogP contribution is 2.63. The molecule has 0 radical (unpaired) electrons. The van der Waals surface area contributed by atoms with Crippen molar-refractivity contribution in [2.24, 2.45) is 16.7 Å². The van der Waals surface area contributed by atoms with Crippen molar-refractivity contribution in [2.45, 2.75) is 51.7 Å². The summed E-state index contributed by atoms with van der Waals surface area (Å²) in [6, 6.07) is 0. The number of carboxylic acid groups (broad SMARTS) is 1. The third kappa shape index (κ3) is 2.03. The Balaban J connectivity index is 2.13. The van der Waals surface area contributed by atoms with Gasteiger partial charge < -0.3 is 19.7 Å². The molecule has 0 spiro atoms. The van der Waals surface area contributed by atoms with Gasteiger partial charge in [-0.1, -0.05) is 27.2 Å². The van der Waals surface area contributed by atoms with Crippen molar-refractivity contribution >= 4 is 17.9 Å². The van der Waals surface area contributed by atoms with E-state index < -0.39 is 40.9 Å². The molecule has 0 amide bonds. The van der Waals surface area contributed by atoms with Crippen LogP contribution in [0.3, 0.4) is 0 Å². The van der Waals surface area contributed by atoms with E-state index in [-0.39, 0.29) is 12.0 Å². The Morgan fingerprint density at radius 3 is 2.58 bits per heavy atom. The van der Waals surface area contributed by atoms with Gasteiger partial charge in [-0.05, 0) is 24.3 Å². The Morgan fingerprint density at radius 2 is 1.96 bits per heavy atom. The highest BCUT2D eigenvalue weighted by Gasteiger charge is 2.69. The first-order valence-electron chi connectivity index (χ1n) is 8.09. The van der Waals surface area contributed by atoms with Crippen molar-refractivity contribution in [3.8, 4) is 0 Å². The monoisotopic (exact) mass is 338 g/mol. The molecule has 4 atom stereocenters. The van der Waals surface area contributed by atoms with Crippen LogP contribution in [0.4, 0.5) is 0 Å². The number of aliphatic hydroxyl groups is 1. The van der Waals surface area contributed by atoms with Crippen LogP contribution in [0, 0.1) is 16.7 Å². The topological polar surface area (TPSA) is 110 Å². The molecular weight excluding hydrogens is 316 g/mol. The van der Waals surface area contributed by atoms with Crippen molar-refractivity contribution < 1.29 is 34.1 Å². The third-order valence-electron chi connectivity index (χ3n) is 6.10. The van der Waals surface area contributed by atoms with Crippen LogP contribution in [0.1, 0.15) is 40.0 Å². The first-order chi connectivity index (χ1) is 11.0. The van der Waals surface area contributed by atoms with Crippen LogP contribution >= 0.6 is 0 Å². The van der Waals surface area contributed by atoms with Gasteiger partial charge in [0.2, 0.25) is 0 Å². The van der Waals surface area contributed by atoms with Gasteiger partial charge in [0.15, 0.2) is 5.60 Å². The first kappa shape index (κ1) is 17.0. The third-order valence-corrected chi connectivity index (χ3v) is 6.10. The molecule has 7 heteroatoms. The quantitative estimate of drug-likeness (QED) is 0.417. The van der Waals surface area contributed by atoms with E-state index >= 15 is 0 Å². The number of fused-ring (bicyclic) bond motifs is 3. The zero-order valence-corrected chi connectivity index (χ0v) is 14.0. The Morgan fingerprint density at radius 1 is 1.29 bits per heavy atom. The summed E-state index contributed by atoms with van der Waals surface area (Å²) < 4.78 is 10.3. The Hall–Kier alpha value is -1.89. The predicted octanol–water partition coefficient (Wildman–Crippen LogP) is 1.04. The van der Waals surface area contributed by atoms with Crippen molar-refractivity contribution in [3.05, 3.63) is 11.6 Å². The summed E-state index contributed by atoms with van der Waals surface area (Å²) in [6.07, 6.45) is 2.88. The lowest BCUT2D eigenvalue weighted by Crippen LogP contribution is -2.65. The van der Waals surface area contributed by atoms with Gasteiger partial charge in [0.05, 0.1) is 0 Å². The minimum Gasteiger partial charge on any atom is -0.473 e. The summed E-state index contributed by atoms with van der Waals surface area (Å²) in [5.74, 6) is -4.08. The minimum atomic E-state index is -1.75. The maximum Gasteiger partial charge on any atom is 0.417 e. The van der Waals surface area contributed by atoms with Gasteiger partial charge >= 0.3 is 17.9 Å². The second kappa shape index (κ2) is 5.05. The van der Waals surface area contributed by atoms with Crippen LogP contribution in [0.5, 0.6) is 0 Å². The van der Waals surface area contributed by atoms with Gasteiger partial charge in [-0.25, -0.2) is 14.4 Å². The van der Waals surface area contributed by atoms with E-state index in [0.717, 1.165) is 12.8 Å². The lowest BCUT2D eigenvalue weighted by atomic mass is 9.46. The van der Waals surface area contributed by atoms with Crippen LogP contribution in [-0.4, -0.2) is 46.4 Å². The zero-order chi connectivity index (χ0) is 17.9. The van der Waals surface area contributed by atoms with Crippen LogP contribution in [0.2, 0.25) is 0 Å². The number of hydrogen-bond donors (Lipinski definition) is 2. The fraction of sp³-hybridized carbons (Fsp3) is 0.706. The molecule has 1 saturated heterocycles. The van der Waals surface area contributed by atoms with Crippen molar-refractivity contribution in [1.82, 2.24) is 0 Å². The molecule has 3 rings (SSSR count). The second-order valence-electron chi connectivity index (χ2n) is 7.89. The number of carbonyl (C=O) groups excluding carboxylic acids is 2. The molecular formula is C17H22O7. The molecule has 0 bridgehead atoms. The highest BCUT2D eigenvalue weighted by molar-refractivity contribution is 6.28. The SMILES string of the molecule is CC1(C)CCCC2(C)C1C(OC(=O)C(=O)O)C=C1COC(=O)C12O. The smallest absolute Gasteiger partial charge is 0.417 e. The van der Waals surface area contributed by atoms with E-state index in [1.165, 1.54) is 6.08 Å². The fourth-order valence-corrected chi connectivity index (χ4v) is 5.12. The number of ether oxygens (including phenoxy) is 2. The molecule has 0 aromatic carbocycles. The molecule has 0 aromatic rings. The molecule has 132 valence electrons. The van der Waals surface area contributed by atoms with E-state index in [4.69, 9.17) is 14.6 Å². The number of carbonyl (C=O) groups is 3. The van der Waals surface area contributed by atoms with Gasteiger partial charge in [0, 0.05) is 16.9 Å². The molecule has 7 nitrogen and oxygen atoms in total. The molecule has 1 saturated carbocycles. The zero-order valence-electron chi connectivity index (χ0n) is 14.0. The number of carboxylic acids is 1.